The lowest BCUT2D eigenvalue weighted by Crippen LogP contribution is -2.25. The standard InChI is InChI=1S/C23H23ClN4O2S/c1-4-28-21-20(15(2)26-28)25-23(31-14-17-6-5-7-19(12-17)30-3)27(22(21)29)13-16-8-10-18(24)11-9-16/h5-12H,4,13-14H2,1-3H3. The van der Waals surface area contributed by atoms with Crippen LogP contribution in [-0.2, 0) is 18.8 Å². The maximum atomic E-state index is 13.5. The number of hydrogen-bond donors (Lipinski definition) is 0. The van der Waals surface area contributed by atoms with Crippen LogP contribution < -0.4 is 10.3 Å². The van der Waals surface area contributed by atoms with Crippen molar-refractivity contribution in [2.75, 3.05) is 7.11 Å². The molecule has 31 heavy (non-hydrogen) atoms. The minimum absolute atomic E-state index is 0.0875. The number of nitrogens with zero attached hydrogens (tertiary/aromatic N) is 4. The number of halogens is 1. The van der Waals surface area contributed by atoms with Crippen molar-refractivity contribution >= 4 is 34.4 Å². The van der Waals surface area contributed by atoms with Crippen molar-refractivity contribution in [3.05, 3.63) is 80.7 Å². The van der Waals surface area contributed by atoms with Crippen LogP contribution in [0, 0.1) is 6.92 Å². The molecule has 0 spiro atoms. The zero-order chi connectivity index (χ0) is 22.0. The molecule has 4 rings (SSSR count). The first-order valence-corrected chi connectivity index (χ1v) is 11.3. The molecule has 160 valence electrons. The quantitative estimate of drug-likeness (QED) is 0.293. The van der Waals surface area contributed by atoms with Gasteiger partial charge in [-0.15, -0.1) is 0 Å². The minimum Gasteiger partial charge on any atom is -0.497 e. The highest BCUT2D eigenvalue weighted by Gasteiger charge is 2.18. The molecule has 4 aromatic rings. The Labute approximate surface area is 189 Å². The summed E-state index contributed by atoms with van der Waals surface area (Å²) in [6, 6.07) is 15.4. The Kier molecular flexibility index (Phi) is 6.34. The number of benzene rings is 2. The highest BCUT2D eigenvalue weighted by atomic mass is 35.5. The van der Waals surface area contributed by atoms with Crippen LogP contribution in [-0.4, -0.2) is 26.4 Å². The van der Waals surface area contributed by atoms with Gasteiger partial charge in [-0.3, -0.25) is 14.0 Å². The normalized spacial score (nSPS) is 11.2. The first-order valence-electron chi connectivity index (χ1n) is 9.98. The molecule has 0 saturated heterocycles. The van der Waals surface area contributed by atoms with Crippen LogP contribution in [0.2, 0.25) is 5.02 Å². The minimum atomic E-state index is -0.0875. The van der Waals surface area contributed by atoms with Gasteiger partial charge in [0.1, 0.15) is 11.3 Å². The van der Waals surface area contributed by atoms with E-state index in [2.05, 4.69) is 5.10 Å². The number of ether oxygens (including phenoxy) is 1. The number of fused-ring (bicyclic) bond motifs is 1. The van der Waals surface area contributed by atoms with E-state index in [0.29, 0.717) is 40.1 Å². The summed E-state index contributed by atoms with van der Waals surface area (Å²) in [5.74, 6) is 1.47. The molecule has 0 N–H and O–H groups in total. The molecule has 2 aromatic carbocycles. The molecule has 0 atom stereocenters. The van der Waals surface area contributed by atoms with Crippen LogP contribution in [0.1, 0.15) is 23.7 Å². The Balaban J connectivity index is 1.78. The maximum Gasteiger partial charge on any atom is 0.280 e. The number of aryl methyl sites for hydroxylation is 2. The molecule has 0 aliphatic heterocycles. The van der Waals surface area contributed by atoms with Gasteiger partial charge in [0.05, 0.1) is 19.3 Å². The number of rotatable bonds is 7. The summed E-state index contributed by atoms with van der Waals surface area (Å²) < 4.78 is 8.78. The van der Waals surface area contributed by atoms with E-state index in [1.54, 1.807) is 16.4 Å². The second-order valence-electron chi connectivity index (χ2n) is 7.15. The van der Waals surface area contributed by atoms with Crippen molar-refractivity contribution in [1.29, 1.82) is 0 Å². The van der Waals surface area contributed by atoms with Crippen molar-refractivity contribution in [1.82, 2.24) is 19.3 Å². The molecule has 0 aliphatic carbocycles. The van der Waals surface area contributed by atoms with Gasteiger partial charge in [0.2, 0.25) is 0 Å². The Morgan fingerprint density at radius 1 is 1.13 bits per heavy atom. The van der Waals surface area contributed by atoms with Crippen molar-refractivity contribution in [2.45, 2.75) is 37.8 Å². The monoisotopic (exact) mass is 454 g/mol. The largest absolute Gasteiger partial charge is 0.497 e. The second-order valence-corrected chi connectivity index (χ2v) is 8.53. The third-order valence-corrected chi connectivity index (χ3v) is 6.34. The van der Waals surface area contributed by atoms with E-state index >= 15 is 0 Å². The number of thioether (sulfide) groups is 1. The molecule has 0 unspecified atom stereocenters. The van der Waals surface area contributed by atoms with Crippen LogP contribution in [0.3, 0.4) is 0 Å². The van der Waals surface area contributed by atoms with Crippen molar-refractivity contribution < 1.29 is 4.74 Å². The van der Waals surface area contributed by atoms with Crippen LogP contribution in [0.4, 0.5) is 0 Å². The van der Waals surface area contributed by atoms with E-state index in [-0.39, 0.29) is 5.56 Å². The van der Waals surface area contributed by atoms with E-state index in [4.69, 9.17) is 21.3 Å². The Morgan fingerprint density at radius 3 is 2.61 bits per heavy atom. The highest BCUT2D eigenvalue weighted by Crippen LogP contribution is 2.25. The predicted octanol–water partition coefficient (Wildman–Crippen LogP) is 4.92. The Hall–Kier alpha value is -2.77. The lowest BCUT2D eigenvalue weighted by Gasteiger charge is -2.13. The second kappa shape index (κ2) is 9.16. The summed E-state index contributed by atoms with van der Waals surface area (Å²) in [6.07, 6.45) is 0. The van der Waals surface area contributed by atoms with Crippen LogP contribution in [0.5, 0.6) is 5.75 Å². The predicted molar refractivity (Wildman–Crippen MR) is 125 cm³/mol. The third kappa shape index (κ3) is 4.48. The van der Waals surface area contributed by atoms with Crippen LogP contribution >= 0.6 is 23.4 Å². The van der Waals surface area contributed by atoms with Gasteiger partial charge >= 0.3 is 0 Å². The average Bonchev–Trinajstić information content (AvgIpc) is 3.11. The summed E-state index contributed by atoms with van der Waals surface area (Å²) in [4.78, 5) is 18.4. The highest BCUT2D eigenvalue weighted by molar-refractivity contribution is 7.98. The van der Waals surface area contributed by atoms with Crippen LogP contribution in [0.25, 0.3) is 11.0 Å². The molecular weight excluding hydrogens is 432 g/mol. The summed E-state index contributed by atoms with van der Waals surface area (Å²) in [7, 11) is 1.65. The number of aromatic nitrogens is 4. The van der Waals surface area contributed by atoms with Gasteiger partial charge in [0, 0.05) is 17.3 Å². The fraction of sp³-hybridized carbons (Fsp3) is 0.261. The molecule has 0 bridgehead atoms. The molecule has 0 aliphatic rings. The molecule has 0 radical (unpaired) electrons. The molecule has 0 saturated carbocycles. The summed E-state index contributed by atoms with van der Waals surface area (Å²) >= 11 is 7.56. The smallest absolute Gasteiger partial charge is 0.280 e. The van der Waals surface area contributed by atoms with Gasteiger partial charge in [0.25, 0.3) is 5.56 Å². The van der Waals surface area contributed by atoms with Gasteiger partial charge in [-0.2, -0.15) is 5.10 Å². The first kappa shape index (κ1) is 21.5. The zero-order valence-electron chi connectivity index (χ0n) is 17.6. The Bertz CT molecular complexity index is 1280. The van der Waals surface area contributed by atoms with Crippen molar-refractivity contribution in [3.63, 3.8) is 0 Å². The fourth-order valence-electron chi connectivity index (χ4n) is 3.45. The molecule has 0 amide bonds. The molecule has 2 aromatic heterocycles. The average molecular weight is 455 g/mol. The van der Waals surface area contributed by atoms with E-state index in [1.807, 2.05) is 62.4 Å². The first-order chi connectivity index (χ1) is 15.0. The number of hydrogen-bond acceptors (Lipinski definition) is 5. The van der Waals surface area contributed by atoms with Gasteiger partial charge in [-0.1, -0.05) is 47.6 Å². The molecular formula is C23H23ClN4O2S. The molecule has 2 heterocycles. The number of methoxy groups -OCH3 is 1. The molecule has 8 heteroatoms. The molecule has 6 nitrogen and oxygen atoms in total. The lowest BCUT2D eigenvalue weighted by molar-refractivity contribution is 0.414. The SMILES string of the molecule is CCn1nc(C)c2nc(SCc3cccc(OC)c3)n(Cc3ccc(Cl)cc3)c(=O)c21. The lowest BCUT2D eigenvalue weighted by atomic mass is 10.2. The van der Waals surface area contributed by atoms with Gasteiger partial charge in [0.15, 0.2) is 10.7 Å². The van der Waals surface area contributed by atoms with E-state index in [1.165, 1.54) is 11.8 Å². The van der Waals surface area contributed by atoms with E-state index in [9.17, 15) is 4.79 Å². The maximum absolute atomic E-state index is 13.5. The van der Waals surface area contributed by atoms with Gasteiger partial charge < -0.3 is 4.74 Å². The van der Waals surface area contributed by atoms with Gasteiger partial charge in [-0.05, 0) is 49.2 Å². The van der Waals surface area contributed by atoms with E-state index < -0.39 is 0 Å². The fourth-order valence-corrected chi connectivity index (χ4v) is 4.51. The van der Waals surface area contributed by atoms with Crippen molar-refractivity contribution in [2.24, 2.45) is 0 Å². The van der Waals surface area contributed by atoms with Crippen molar-refractivity contribution in [3.8, 4) is 5.75 Å². The topological polar surface area (TPSA) is 61.9 Å². The Morgan fingerprint density at radius 2 is 1.90 bits per heavy atom. The zero-order valence-corrected chi connectivity index (χ0v) is 19.2. The third-order valence-electron chi connectivity index (χ3n) is 5.04. The summed E-state index contributed by atoms with van der Waals surface area (Å²) in [5, 5.41) is 5.83. The van der Waals surface area contributed by atoms with Gasteiger partial charge in [-0.25, -0.2) is 4.98 Å². The van der Waals surface area contributed by atoms with E-state index in [0.717, 1.165) is 22.6 Å². The molecule has 0 fully saturated rings. The summed E-state index contributed by atoms with van der Waals surface area (Å²) in [5.41, 5.74) is 3.95. The summed E-state index contributed by atoms with van der Waals surface area (Å²) in [6.45, 7) is 4.88. The van der Waals surface area contributed by atoms with Crippen LogP contribution in [0.15, 0.2) is 58.5 Å².